The van der Waals surface area contributed by atoms with Crippen molar-refractivity contribution in [2.45, 2.75) is 18.9 Å². The second kappa shape index (κ2) is 13.3. The normalized spacial score (nSPS) is 11.5. The molecular formula is C35H28NNaO3S. The third kappa shape index (κ3) is 6.77. The first-order valence-corrected chi connectivity index (χ1v) is 14.0. The zero-order chi connectivity index (χ0) is 27.3. The number of pyridine rings is 1. The molecular weight excluding hydrogens is 537 g/mol. The summed E-state index contributed by atoms with van der Waals surface area (Å²) >= 11 is 1.83. The molecule has 0 saturated heterocycles. The van der Waals surface area contributed by atoms with Gasteiger partial charge in [-0.1, -0.05) is 91.0 Å². The molecule has 6 aromatic rings. The van der Waals surface area contributed by atoms with Gasteiger partial charge in [0.15, 0.2) is 6.10 Å². The van der Waals surface area contributed by atoms with Crippen LogP contribution in [0, 0.1) is 0 Å². The van der Waals surface area contributed by atoms with E-state index in [4.69, 9.17) is 4.74 Å². The number of carboxylic acid groups (broad SMARTS) is 1. The molecule has 6 rings (SSSR count). The van der Waals surface area contributed by atoms with Gasteiger partial charge in [0.2, 0.25) is 0 Å². The third-order valence-electron chi connectivity index (χ3n) is 6.92. The van der Waals surface area contributed by atoms with Gasteiger partial charge in [0.1, 0.15) is 5.75 Å². The van der Waals surface area contributed by atoms with Gasteiger partial charge in [0.25, 0.3) is 0 Å². The SMILES string of the molecule is O=C(O)[C@@H](Cc1ccccc1)Oc1ccc(-c2ccc(-c3c(Cc4ccccn4)sc4ccccc34)cc2)cc1.[NaH]. The van der Waals surface area contributed by atoms with E-state index in [9.17, 15) is 9.90 Å². The van der Waals surface area contributed by atoms with Crippen LogP contribution >= 0.6 is 11.3 Å². The molecule has 0 aliphatic carbocycles. The minimum absolute atomic E-state index is 0. The maximum absolute atomic E-state index is 11.8. The second-order valence-electron chi connectivity index (χ2n) is 9.63. The summed E-state index contributed by atoms with van der Waals surface area (Å²) < 4.78 is 7.11. The van der Waals surface area contributed by atoms with Crippen molar-refractivity contribution in [2.75, 3.05) is 0 Å². The Morgan fingerprint density at radius 3 is 2.07 bits per heavy atom. The zero-order valence-corrected chi connectivity index (χ0v) is 22.6. The summed E-state index contributed by atoms with van der Waals surface area (Å²) in [6.07, 6.45) is 1.99. The van der Waals surface area contributed by atoms with Crippen LogP contribution in [0.4, 0.5) is 0 Å². The molecule has 4 aromatic carbocycles. The second-order valence-corrected chi connectivity index (χ2v) is 10.8. The maximum atomic E-state index is 11.8. The summed E-state index contributed by atoms with van der Waals surface area (Å²) in [5.41, 5.74) is 6.55. The van der Waals surface area contributed by atoms with Crippen molar-refractivity contribution in [3.63, 3.8) is 0 Å². The molecule has 0 radical (unpaired) electrons. The van der Waals surface area contributed by atoms with E-state index in [2.05, 4.69) is 59.6 Å². The number of benzene rings is 4. The number of carbonyl (C=O) groups is 1. The van der Waals surface area contributed by atoms with E-state index in [1.54, 1.807) is 0 Å². The monoisotopic (exact) mass is 565 g/mol. The van der Waals surface area contributed by atoms with Crippen molar-refractivity contribution < 1.29 is 14.6 Å². The molecule has 0 unspecified atom stereocenters. The van der Waals surface area contributed by atoms with Gasteiger partial charge in [-0.15, -0.1) is 11.3 Å². The molecule has 2 heterocycles. The van der Waals surface area contributed by atoms with E-state index in [0.29, 0.717) is 12.2 Å². The quantitative estimate of drug-likeness (QED) is 0.183. The number of thiophene rings is 1. The molecule has 198 valence electrons. The number of aliphatic carboxylic acids is 1. The zero-order valence-electron chi connectivity index (χ0n) is 21.7. The predicted molar refractivity (Wildman–Crippen MR) is 169 cm³/mol. The number of hydrogen-bond acceptors (Lipinski definition) is 4. The molecule has 0 aliphatic heterocycles. The van der Waals surface area contributed by atoms with Crippen LogP contribution in [0.15, 0.2) is 128 Å². The first kappa shape index (κ1) is 28.8. The van der Waals surface area contributed by atoms with Crippen LogP contribution in [-0.4, -0.2) is 51.7 Å². The minimum atomic E-state index is -0.980. The first-order chi connectivity index (χ1) is 19.6. The van der Waals surface area contributed by atoms with Gasteiger partial charge in [0.05, 0.1) is 0 Å². The molecule has 0 amide bonds. The number of rotatable bonds is 9. The van der Waals surface area contributed by atoms with Gasteiger partial charge in [-0.2, -0.15) is 0 Å². The van der Waals surface area contributed by atoms with Crippen LogP contribution in [-0.2, 0) is 17.6 Å². The van der Waals surface area contributed by atoms with Crippen molar-refractivity contribution >= 4 is 56.9 Å². The fourth-order valence-electron chi connectivity index (χ4n) is 4.93. The molecule has 1 atom stereocenters. The Morgan fingerprint density at radius 1 is 0.756 bits per heavy atom. The Labute approximate surface area is 265 Å². The van der Waals surface area contributed by atoms with Gasteiger partial charge in [-0.05, 0) is 52.6 Å². The van der Waals surface area contributed by atoms with Crippen molar-refractivity contribution in [1.29, 1.82) is 0 Å². The van der Waals surface area contributed by atoms with Gasteiger partial charge in [0, 0.05) is 45.3 Å². The summed E-state index contributed by atoms with van der Waals surface area (Å²) in [5.74, 6) is -0.445. The van der Waals surface area contributed by atoms with E-state index < -0.39 is 12.1 Å². The van der Waals surface area contributed by atoms with Crippen molar-refractivity contribution in [3.05, 3.63) is 144 Å². The van der Waals surface area contributed by atoms with E-state index >= 15 is 0 Å². The number of ether oxygens (including phenoxy) is 1. The summed E-state index contributed by atoms with van der Waals surface area (Å²) in [7, 11) is 0. The average Bonchev–Trinajstić information content (AvgIpc) is 3.36. The van der Waals surface area contributed by atoms with Gasteiger partial charge >= 0.3 is 35.5 Å². The molecule has 41 heavy (non-hydrogen) atoms. The summed E-state index contributed by atoms with van der Waals surface area (Å²) in [6, 6.07) is 40.4. The fraction of sp³-hybridized carbons (Fsp3) is 0.0857. The Morgan fingerprint density at radius 2 is 1.39 bits per heavy atom. The molecule has 1 N–H and O–H groups in total. The first-order valence-electron chi connectivity index (χ1n) is 13.2. The summed E-state index contributed by atoms with van der Waals surface area (Å²) in [5, 5.41) is 10.9. The van der Waals surface area contributed by atoms with E-state index in [1.807, 2.05) is 84.3 Å². The number of aromatic nitrogens is 1. The molecule has 0 spiro atoms. The Hall–Kier alpha value is -3.74. The van der Waals surface area contributed by atoms with Crippen LogP contribution in [0.5, 0.6) is 5.75 Å². The van der Waals surface area contributed by atoms with Crippen molar-refractivity contribution in [1.82, 2.24) is 4.98 Å². The van der Waals surface area contributed by atoms with Crippen LogP contribution in [0.2, 0.25) is 0 Å². The molecule has 6 heteroatoms. The predicted octanol–water partition coefficient (Wildman–Crippen LogP) is 7.65. The number of fused-ring (bicyclic) bond motifs is 1. The average molecular weight is 566 g/mol. The molecule has 2 aromatic heterocycles. The van der Waals surface area contributed by atoms with Crippen molar-refractivity contribution in [2.24, 2.45) is 0 Å². The van der Waals surface area contributed by atoms with Crippen LogP contribution in [0.3, 0.4) is 0 Å². The molecule has 0 aliphatic rings. The van der Waals surface area contributed by atoms with Crippen LogP contribution in [0.1, 0.15) is 16.1 Å². The fourth-order valence-corrected chi connectivity index (χ4v) is 6.17. The standard InChI is InChI=1S/C35H27NO3S.Na.H/c37-35(38)31(22-24-8-2-1-3-9-24)39-29-19-17-26(18-20-29)25-13-15-27(16-14-25)34-30-11-4-5-12-32(30)40-33(34)23-28-10-6-7-21-36-28;;/h1-21,31H,22-23H2,(H,37,38);;/t31-;;/m1../s1. The number of carboxylic acids is 1. The van der Waals surface area contributed by atoms with Gasteiger partial charge < -0.3 is 9.84 Å². The number of hydrogen-bond donors (Lipinski definition) is 1. The molecule has 4 nitrogen and oxygen atoms in total. The van der Waals surface area contributed by atoms with Gasteiger partial charge in [-0.25, -0.2) is 4.79 Å². The van der Waals surface area contributed by atoms with E-state index in [-0.39, 0.29) is 29.6 Å². The van der Waals surface area contributed by atoms with E-state index in [0.717, 1.165) is 28.8 Å². The van der Waals surface area contributed by atoms with E-state index in [1.165, 1.54) is 26.1 Å². The topological polar surface area (TPSA) is 59.4 Å². The summed E-state index contributed by atoms with van der Waals surface area (Å²) in [4.78, 5) is 17.7. The molecule has 0 bridgehead atoms. The number of nitrogens with zero attached hydrogens (tertiary/aromatic N) is 1. The Kier molecular flexibility index (Phi) is 9.32. The Balaban J connectivity index is 0.00000337. The van der Waals surface area contributed by atoms with Crippen LogP contribution < -0.4 is 4.74 Å². The molecule has 0 saturated carbocycles. The summed E-state index contributed by atoms with van der Waals surface area (Å²) in [6.45, 7) is 0. The Bertz CT molecular complexity index is 1730. The third-order valence-corrected chi connectivity index (χ3v) is 8.09. The van der Waals surface area contributed by atoms with Gasteiger partial charge in [-0.3, -0.25) is 4.98 Å². The van der Waals surface area contributed by atoms with Crippen LogP contribution in [0.25, 0.3) is 32.3 Å². The molecule has 0 fully saturated rings. The van der Waals surface area contributed by atoms with Crippen molar-refractivity contribution in [3.8, 4) is 28.0 Å².